The van der Waals surface area contributed by atoms with Crippen molar-refractivity contribution in [2.24, 2.45) is 0 Å². The number of hydrogen-bond donors (Lipinski definition) is 1. The average molecular weight is 329 g/mol. The van der Waals surface area contributed by atoms with Gasteiger partial charge >= 0.3 is 0 Å². The van der Waals surface area contributed by atoms with E-state index in [1.54, 1.807) is 18.2 Å². The zero-order chi connectivity index (χ0) is 15.3. The van der Waals surface area contributed by atoms with E-state index in [0.717, 1.165) is 5.56 Å². The molecule has 0 radical (unpaired) electrons. The molecule has 1 aliphatic heterocycles. The number of halogens is 1. The highest BCUT2D eigenvalue weighted by molar-refractivity contribution is 7.89. The van der Waals surface area contributed by atoms with Gasteiger partial charge in [0.25, 0.3) is 0 Å². The second-order valence-corrected chi connectivity index (χ2v) is 7.27. The number of carbonyl (C=O) groups excluding carboxylic acids is 1. The predicted octanol–water partition coefficient (Wildman–Crippen LogP) is 1.50. The SMILES string of the molecule is O=C(/C=C/c1ccc(Cl)cc1)NCCN1CCCS1(=O)=O. The number of benzene rings is 1. The van der Waals surface area contributed by atoms with Crippen LogP contribution in [0.15, 0.2) is 30.3 Å². The molecule has 0 aliphatic carbocycles. The van der Waals surface area contributed by atoms with Crippen molar-refractivity contribution in [2.75, 3.05) is 25.4 Å². The van der Waals surface area contributed by atoms with Gasteiger partial charge in [0.05, 0.1) is 5.75 Å². The molecule has 0 aromatic heterocycles. The van der Waals surface area contributed by atoms with Crippen LogP contribution in [0.2, 0.25) is 5.02 Å². The molecular weight excluding hydrogens is 312 g/mol. The molecule has 0 saturated carbocycles. The number of rotatable bonds is 5. The summed E-state index contributed by atoms with van der Waals surface area (Å²) in [5.41, 5.74) is 0.872. The van der Waals surface area contributed by atoms with Gasteiger partial charge in [0, 0.05) is 30.7 Å². The van der Waals surface area contributed by atoms with Crippen molar-refractivity contribution >= 4 is 33.6 Å². The van der Waals surface area contributed by atoms with Gasteiger partial charge in [-0.3, -0.25) is 4.79 Å². The van der Waals surface area contributed by atoms with Crippen LogP contribution in [-0.4, -0.2) is 44.0 Å². The zero-order valence-electron chi connectivity index (χ0n) is 11.5. The molecule has 1 aromatic rings. The van der Waals surface area contributed by atoms with Crippen LogP contribution in [0.5, 0.6) is 0 Å². The molecule has 21 heavy (non-hydrogen) atoms. The van der Waals surface area contributed by atoms with E-state index in [4.69, 9.17) is 11.6 Å². The summed E-state index contributed by atoms with van der Waals surface area (Å²) in [7, 11) is -3.09. The first-order valence-electron chi connectivity index (χ1n) is 6.67. The maximum absolute atomic E-state index is 11.6. The first-order chi connectivity index (χ1) is 9.97. The highest BCUT2D eigenvalue weighted by Crippen LogP contribution is 2.12. The van der Waals surface area contributed by atoms with Crippen LogP contribution in [-0.2, 0) is 14.8 Å². The van der Waals surface area contributed by atoms with Crippen molar-refractivity contribution in [2.45, 2.75) is 6.42 Å². The largest absolute Gasteiger partial charge is 0.351 e. The van der Waals surface area contributed by atoms with E-state index in [1.165, 1.54) is 10.4 Å². The number of nitrogens with one attached hydrogen (secondary N) is 1. The number of carbonyl (C=O) groups is 1. The Balaban J connectivity index is 1.76. The van der Waals surface area contributed by atoms with Gasteiger partial charge in [-0.1, -0.05) is 23.7 Å². The Morgan fingerprint density at radius 3 is 2.67 bits per heavy atom. The molecule has 5 nitrogen and oxygen atoms in total. The molecule has 0 bridgehead atoms. The zero-order valence-corrected chi connectivity index (χ0v) is 13.0. The molecule has 1 amide bonds. The Morgan fingerprint density at radius 2 is 2.05 bits per heavy atom. The van der Waals surface area contributed by atoms with Crippen LogP contribution in [0, 0.1) is 0 Å². The third-order valence-corrected chi connectivity index (χ3v) is 5.37. The fourth-order valence-corrected chi connectivity index (χ4v) is 3.71. The van der Waals surface area contributed by atoms with E-state index in [-0.39, 0.29) is 11.7 Å². The standard InChI is InChI=1S/C14H17ClN2O3S/c15-13-5-2-12(3-6-13)4-7-14(18)16-8-10-17-9-1-11-21(17,19)20/h2-7H,1,8-11H2,(H,16,18)/b7-4+. The highest BCUT2D eigenvalue weighted by Gasteiger charge is 2.27. The van der Waals surface area contributed by atoms with Crippen LogP contribution in [0.3, 0.4) is 0 Å². The maximum atomic E-state index is 11.6. The summed E-state index contributed by atoms with van der Waals surface area (Å²) in [6.07, 6.45) is 3.76. The Bertz CT molecular complexity index is 626. The second kappa shape index (κ2) is 7.06. The van der Waals surface area contributed by atoms with Gasteiger partial charge in [0.2, 0.25) is 15.9 Å². The van der Waals surface area contributed by atoms with Crippen LogP contribution in [0.4, 0.5) is 0 Å². The van der Waals surface area contributed by atoms with Crippen LogP contribution >= 0.6 is 11.6 Å². The predicted molar refractivity (Wildman–Crippen MR) is 83.5 cm³/mol. The number of nitrogens with zero attached hydrogens (tertiary/aromatic N) is 1. The van der Waals surface area contributed by atoms with E-state index >= 15 is 0 Å². The van der Waals surface area contributed by atoms with E-state index in [9.17, 15) is 13.2 Å². The lowest BCUT2D eigenvalue weighted by Gasteiger charge is -2.13. The van der Waals surface area contributed by atoms with Gasteiger partial charge in [-0.15, -0.1) is 0 Å². The molecule has 1 aromatic carbocycles. The fraction of sp³-hybridized carbons (Fsp3) is 0.357. The van der Waals surface area contributed by atoms with Gasteiger partial charge < -0.3 is 5.32 Å². The van der Waals surface area contributed by atoms with Crippen molar-refractivity contribution < 1.29 is 13.2 Å². The van der Waals surface area contributed by atoms with Gasteiger partial charge in [-0.05, 0) is 30.2 Å². The quantitative estimate of drug-likeness (QED) is 0.833. The lowest BCUT2D eigenvalue weighted by molar-refractivity contribution is -0.116. The average Bonchev–Trinajstić information content (AvgIpc) is 2.77. The summed E-state index contributed by atoms with van der Waals surface area (Å²) in [6.45, 7) is 1.17. The fourth-order valence-electron chi connectivity index (χ4n) is 2.05. The summed E-state index contributed by atoms with van der Waals surface area (Å²) < 4.78 is 24.5. The molecule has 0 unspecified atom stereocenters. The van der Waals surface area contributed by atoms with Gasteiger partial charge in [-0.25, -0.2) is 12.7 Å². The van der Waals surface area contributed by atoms with Gasteiger partial charge in [-0.2, -0.15) is 0 Å². The molecule has 2 rings (SSSR count). The molecule has 114 valence electrons. The summed E-state index contributed by atoms with van der Waals surface area (Å²) in [6, 6.07) is 7.11. The Labute approximate surface area is 129 Å². The molecule has 1 saturated heterocycles. The molecule has 1 fully saturated rings. The van der Waals surface area contributed by atoms with Gasteiger partial charge in [0.1, 0.15) is 0 Å². The maximum Gasteiger partial charge on any atom is 0.244 e. The lowest BCUT2D eigenvalue weighted by atomic mass is 10.2. The van der Waals surface area contributed by atoms with Crippen LogP contribution in [0.1, 0.15) is 12.0 Å². The summed E-state index contributed by atoms with van der Waals surface area (Å²) >= 11 is 5.77. The van der Waals surface area contributed by atoms with Crippen molar-refractivity contribution in [1.82, 2.24) is 9.62 Å². The molecule has 1 heterocycles. The minimum atomic E-state index is -3.09. The number of amides is 1. The smallest absolute Gasteiger partial charge is 0.244 e. The monoisotopic (exact) mass is 328 g/mol. The van der Waals surface area contributed by atoms with Crippen molar-refractivity contribution in [3.05, 3.63) is 40.9 Å². The summed E-state index contributed by atoms with van der Waals surface area (Å²) in [5.74, 6) is -0.0428. The second-order valence-electron chi connectivity index (χ2n) is 4.74. The number of hydrogen-bond acceptors (Lipinski definition) is 3. The van der Waals surface area contributed by atoms with E-state index in [0.29, 0.717) is 31.1 Å². The van der Waals surface area contributed by atoms with Crippen molar-refractivity contribution in [3.8, 4) is 0 Å². The molecular formula is C14H17ClN2O3S. The Kier molecular flexibility index (Phi) is 5.39. The molecule has 0 spiro atoms. The normalized spacial score (nSPS) is 18.1. The first-order valence-corrected chi connectivity index (χ1v) is 8.65. The van der Waals surface area contributed by atoms with Gasteiger partial charge in [0.15, 0.2) is 0 Å². The molecule has 7 heteroatoms. The van der Waals surface area contributed by atoms with E-state index in [1.807, 2.05) is 12.1 Å². The van der Waals surface area contributed by atoms with E-state index in [2.05, 4.69) is 5.32 Å². The van der Waals surface area contributed by atoms with Crippen LogP contribution < -0.4 is 5.32 Å². The minimum absolute atomic E-state index is 0.206. The molecule has 1 aliphatic rings. The summed E-state index contributed by atoms with van der Waals surface area (Å²) in [5, 5.41) is 3.31. The topological polar surface area (TPSA) is 66.5 Å². The highest BCUT2D eigenvalue weighted by atomic mass is 35.5. The van der Waals surface area contributed by atoms with Crippen LogP contribution in [0.25, 0.3) is 6.08 Å². The van der Waals surface area contributed by atoms with Crippen molar-refractivity contribution in [3.63, 3.8) is 0 Å². The summed E-state index contributed by atoms with van der Waals surface area (Å²) in [4.78, 5) is 11.6. The number of sulfonamides is 1. The lowest BCUT2D eigenvalue weighted by Crippen LogP contribution is -2.35. The van der Waals surface area contributed by atoms with E-state index < -0.39 is 10.0 Å². The Hall–Kier alpha value is -1.37. The van der Waals surface area contributed by atoms with Crippen molar-refractivity contribution in [1.29, 1.82) is 0 Å². The third-order valence-electron chi connectivity index (χ3n) is 3.16. The third kappa shape index (κ3) is 4.84. The Morgan fingerprint density at radius 1 is 1.33 bits per heavy atom. The minimum Gasteiger partial charge on any atom is -0.351 e. The first kappa shape index (κ1) is 16.0. The molecule has 0 atom stereocenters. The molecule has 1 N–H and O–H groups in total.